The Morgan fingerprint density at radius 2 is 2.05 bits per heavy atom. The van der Waals surface area contributed by atoms with Crippen molar-refractivity contribution in [2.75, 3.05) is 24.5 Å². The zero-order valence-electron chi connectivity index (χ0n) is 11.5. The Bertz CT molecular complexity index is 597. The quantitative estimate of drug-likeness (QED) is 0.534. The van der Waals surface area contributed by atoms with E-state index < -0.39 is 15.3 Å². The molecule has 0 bridgehead atoms. The van der Waals surface area contributed by atoms with Crippen LogP contribution in [0.4, 0.5) is 5.69 Å². The summed E-state index contributed by atoms with van der Waals surface area (Å²) in [6.45, 7) is 0.818. The van der Waals surface area contributed by atoms with E-state index in [1.165, 1.54) is 0 Å². The third-order valence-corrected chi connectivity index (χ3v) is 4.98. The molecule has 7 nitrogen and oxygen atoms in total. The molecule has 1 aromatic rings. The largest absolute Gasteiger partial charge is 0.484 e. The first-order valence-corrected chi connectivity index (χ1v) is 8.18. The molecule has 1 heterocycles. The molecular weight excluding hydrogens is 294 g/mol. The fourth-order valence-corrected chi connectivity index (χ4v) is 3.51. The van der Waals surface area contributed by atoms with Gasteiger partial charge in [0, 0.05) is 13.2 Å². The Labute approximate surface area is 124 Å². The van der Waals surface area contributed by atoms with Crippen LogP contribution in [0.2, 0.25) is 0 Å². The van der Waals surface area contributed by atoms with Gasteiger partial charge in [-0.15, -0.1) is 0 Å². The molecule has 0 spiro atoms. The first-order valence-electron chi connectivity index (χ1n) is 6.63. The number of hydrogen-bond donors (Lipinski definition) is 3. The van der Waals surface area contributed by atoms with Crippen LogP contribution >= 0.6 is 0 Å². The first-order chi connectivity index (χ1) is 9.99. The van der Waals surface area contributed by atoms with Crippen LogP contribution in [0.1, 0.15) is 12.8 Å². The molecule has 0 unspecified atom stereocenters. The average Bonchev–Trinajstić information content (AvgIpc) is 2.47. The molecule has 2 rings (SSSR count). The molecule has 4 N–H and O–H groups in total. The molecule has 0 saturated carbocycles. The van der Waals surface area contributed by atoms with E-state index in [0.717, 1.165) is 0 Å². The first kappa shape index (κ1) is 15.6. The minimum atomic E-state index is -3.49. The molecule has 0 radical (unpaired) electrons. The summed E-state index contributed by atoms with van der Waals surface area (Å²) >= 11 is 0. The second kappa shape index (κ2) is 6.77. The van der Waals surface area contributed by atoms with Gasteiger partial charge in [-0.05, 0) is 25.0 Å². The number of benzene rings is 1. The van der Waals surface area contributed by atoms with E-state index in [2.05, 4.69) is 4.72 Å². The Morgan fingerprint density at radius 3 is 2.71 bits per heavy atom. The van der Waals surface area contributed by atoms with Gasteiger partial charge in [0.2, 0.25) is 10.0 Å². The van der Waals surface area contributed by atoms with Crippen LogP contribution in [0.25, 0.3) is 0 Å². The highest BCUT2D eigenvalue weighted by atomic mass is 32.2. The summed E-state index contributed by atoms with van der Waals surface area (Å²) in [6, 6.07) is 6.68. The molecule has 0 atom stereocenters. The molecule has 0 amide bonds. The monoisotopic (exact) mass is 313 g/mol. The van der Waals surface area contributed by atoms with Crippen molar-refractivity contribution in [2.24, 2.45) is 5.73 Å². The maximum Gasteiger partial charge on any atom is 0.235 e. The van der Waals surface area contributed by atoms with Crippen molar-refractivity contribution in [1.29, 1.82) is 5.41 Å². The van der Waals surface area contributed by atoms with E-state index in [4.69, 9.17) is 20.6 Å². The minimum Gasteiger partial charge on any atom is -0.484 e. The maximum absolute atomic E-state index is 12.4. The average molecular weight is 313 g/mol. The fourth-order valence-electron chi connectivity index (χ4n) is 2.06. The van der Waals surface area contributed by atoms with Gasteiger partial charge in [-0.1, -0.05) is 12.1 Å². The predicted octanol–water partition coefficient (Wildman–Crippen LogP) is 0.922. The van der Waals surface area contributed by atoms with Crippen LogP contribution in [-0.4, -0.2) is 39.3 Å². The van der Waals surface area contributed by atoms with Gasteiger partial charge >= 0.3 is 0 Å². The van der Waals surface area contributed by atoms with Gasteiger partial charge in [-0.25, -0.2) is 8.42 Å². The lowest BCUT2D eigenvalue weighted by molar-refractivity contribution is 0.0984. The standard InChI is InChI=1S/C13H19N3O4S/c14-13(15)9-20-12-4-2-1-3-11(12)16-21(17,18)10-5-7-19-8-6-10/h1-4,10,16H,5-9H2,(H3,14,15). The van der Waals surface area contributed by atoms with E-state index in [9.17, 15) is 8.42 Å². The number of anilines is 1. The van der Waals surface area contributed by atoms with Crippen molar-refractivity contribution in [1.82, 2.24) is 0 Å². The van der Waals surface area contributed by atoms with E-state index >= 15 is 0 Å². The van der Waals surface area contributed by atoms with Gasteiger partial charge in [-0.3, -0.25) is 10.1 Å². The zero-order chi connectivity index (χ0) is 15.3. The van der Waals surface area contributed by atoms with Crippen molar-refractivity contribution in [3.8, 4) is 5.75 Å². The summed E-state index contributed by atoms with van der Waals surface area (Å²) in [7, 11) is -3.49. The molecule has 21 heavy (non-hydrogen) atoms. The van der Waals surface area contributed by atoms with Crippen molar-refractivity contribution < 1.29 is 17.9 Å². The van der Waals surface area contributed by atoms with E-state index in [-0.39, 0.29) is 12.4 Å². The second-order valence-corrected chi connectivity index (χ2v) is 6.73. The molecule has 0 aromatic heterocycles. The number of rotatable bonds is 6. The highest BCUT2D eigenvalue weighted by Gasteiger charge is 2.28. The van der Waals surface area contributed by atoms with Crippen LogP contribution in [0.3, 0.4) is 0 Å². The summed E-state index contributed by atoms with van der Waals surface area (Å²) in [5, 5.41) is 6.69. The third-order valence-electron chi connectivity index (χ3n) is 3.13. The number of amidine groups is 1. The van der Waals surface area contributed by atoms with E-state index in [1.807, 2.05) is 0 Å². The number of ether oxygens (including phenoxy) is 2. The predicted molar refractivity (Wildman–Crippen MR) is 80.2 cm³/mol. The fraction of sp³-hybridized carbons (Fsp3) is 0.462. The molecular formula is C13H19N3O4S. The molecule has 1 aliphatic heterocycles. The van der Waals surface area contributed by atoms with Crippen molar-refractivity contribution in [3.05, 3.63) is 24.3 Å². The molecule has 116 valence electrons. The lowest BCUT2D eigenvalue weighted by Crippen LogP contribution is -2.33. The molecule has 1 fully saturated rings. The molecule has 1 aliphatic rings. The highest BCUT2D eigenvalue weighted by Crippen LogP contribution is 2.27. The summed E-state index contributed by atoms with van der Waals surface area (Å²) in [6.07, 6.45) is 0.956. The third kappa shape index (κ3) is 4.33. The Hall–Kier alpha value is -1.80. The zero-order valence-corrected chi connectivity index (χ0v) is 12.4. The van der Waals surface area contributed by atoms with Crippen LogP contribution in [0, 0.1) is 5.41 Å². The van der Waals surface area contributed by atoms with Crippen LogP contribution < -0.4 is 15.2 Å². The number of nitrogens with one attached hydrogen (secondary N) is 2. The SMILES string of the molecule is N=C(N)COc1ccccc1NS(=O)(=O)C1CCOCC1. The highest BCUT2D eigenvalue weighted by molar-refractivity contribution is 7.93. The van der Waals surface area contributed by atoms with Crippen LogP contribution in [0.15, 0.2) is 24.3 Å². The lowest BCUT2D eigenvalue weighted by Gasteiger charge is -2.23. The van der Waals surface area contributed by atoms with Crippen molar-refractivity contribution in [3.63, 3.8) is 0 Å². The number of nitrogens with two attached hydrogens (primary N) is 1. The van der Waals surface area contributed by atoms with Crippen LogP contribution in [-0.2, 0) is 14.8 Å². The lowest BCUT2D eigenvalue weighted by atomic mass is 10.2. The number of sulfonamides is 1. The summed E-state index contributed by atoms with van der Waals surface area (Å²) in [5.41, 5.74) is 5.59. The molecule has 1 saturated heterocycles. The Kier molecular flexibility index (Phi) is 5.03. The van der Waals surface area contributed by atoms with Crippen molar-refractivity contribution in [2.45, 2.75) is 18.1 Å². The van der Waals surface area contributed by atoms with Gasteiger partial charge in [-0.2, -0.15) is 0 Å². The van der Waals surface area contributed by atoms with Crippen molar-refractivity contribution >= 4 is 21.5 Å². The number of hydrogen-bond acceptors (Lipinski definition) is 5. The number of para-hydroxylation sites is 2. The van der Waals surface area contributed by atoms with Gasteiger partial charge in [0.05, 0.1) is 10.9 Å². The van der Waals surface area contributed by atoms with Gasteiger partial charge in [0.1, 0.15) is 18.2 Å². The summed E-state index contributed by atoms with van der Waals surface area (Å²) < 4.78 is 37.8. The minimum absolute atomic E-state index is 0.0873. The van der Waals surface area contributed by atoms with E-state index in [1.54, 1.807) is 24.3 Å². The van der Waals surface area contributed by atoms with Crippen LogP contribution in [0.5, 0.6) is 5.75 Å². The summed E-state index contributed by atoms with van der Waals surface area (Å²) in [4.78, 5) is 0. The Balaban J connectivity index is 2.12. The normalized spacial score (nSPS) is 16.4. The smallest absolute Gasteiger partial charge is 0.235 e. The maximum atomic E-state index is 12.4. The van der Waals surface area contributed by atoms with Gasteiger partial charge in [0.25, 0.3) is 0 Å². The topological polar surface area (TPSA) is 115 Å². The summed E-state index contributed by atoms with van der Waals surface area (Å²) in [5.74, 6) is 0.223. The molecule has 1 aromatic carbocycles. The van der Waals surface area contributed by atoms with Gasteiger partial charge in [0.15, 0.2) is 0 Å². The molecule has 8 heteroatoms. The molecule has 0 aliphatic carbocycles. The van der Waals surface area contributed by atoms with E-state index in [0.29, 0.717) is 37.5 Å². The van der Waals surface area contributed by atoms with Gasteiger partial charge < -0.3 is 15.2 Å². The Morgan fingerprint density at radius 1 is 1.38 bits per heavy atom. The second-order valence-electron chi connectivity index (χ2n) is 4.77.